The van der Waals surface area contributed by atoms with Gasteiger partial charge in [-0.2, -0.15) is 8.29 Å². The standard InChI is InChI=1S/C7H9NO2.C7H10O2.C6H12O2.C3H6O.W/c1-4-5(2)7(10)8(3)6(4)9;1-3-6-4-5(2)7(8)9-6;1-6(3-7-2)4-8-5-6;1-3-4-2;/h1-3H3;6H,2-4H2,1H3;3-5H2,1-2H3;3H,2H2,1H3;/q;;;-2;+2/i;;;2D;. The Kier molecular flexibility index (Phi) is 15.6. The summed E-state index contributed by atoms with van der Waals surface area (Å²) in [4.78, 5) is 33.7. The molecule has 182 valence electrons. The maximum atomic E-state index is 11.0. The number of esters is 1. The molecule has 8 nitrogen and oxygen atoms in total. The van der Waals surface area contributed by atoms with Crippen molar-refractivity contribution >= 4 is 17.8 Å². The molecule has 3 aliphatic heterocycles. The summed E-state index contributed by atoms with van der Waals surface area (Å²) in [5.41, 5.74) is 2.07. The van der Waals surface area contributed by atoms with Gasteiger partial charge in [0, 0.05) is 42.7 Å². The van der Waals surface area contributed by atoms with E-state index in [4.69, 9.17) is 15.6 Å². The van der Waals surface area contributed by atoms with Gasteiger partial charge in [-0.15, -0.1) is 0 Å². The number of carbonyl (C=O) groups excluding carboxylic acids is 3. The van der Waals surface area contributed by atoms with E-state index in [1.807, 2.05) is 6.92 Å². The molecular weight excluding hydrogens is 586 g/mol. The first kappa shape index (κ1) is 30.7. The van der Waals surface area contributed by atoms with Gasteiger partial charge < -0.3 is 18.9 Å². The molecule has 0 N–H and O–H groups in total. The molecule has 0 aromatic rings. The van der Waals surface area contributed by atoms with Crippen molar-refractivity contribution in [3.05, 3.63) is 37.0 Å². The van der Waals surface area contributed by atoms with Crippen LogP contribution >= 0.6 is 0 Å². The van der Waals surface area contributed by atoms with Gasteiger partial charge in [-0.3, -0.25) is 28.2 Å². The van der Waals surface area contributed by atoms with Crippen molar-refractivity contribution in [1.29, 1.82) is 0 Å². The summed E-state index contributed by atoms with van der Waals surface area (Å²) in [5, 5.41) is 0. The molecule has 2 fully saturated rings. The molecule has 0 bridgehead atoms. The number of cyclic esters (lactones) is 1. The first-order valence-electron chi connectivity index (χ1n) is 10.6. The summed E-state index contributed by atoms with van der Waals surface area (Å²) in [5.74, 6) is -0.577. The van der Waals surface area contributed by atoms with Crippen LogP contribution in [-0.4, -0.2) is 62.8 Å². The molecule has 0 aliphatic carbocycles. The second-order valence-electron chi connectivity index (χ2n) is 7.77. The smallest absolute Gasteiger partial charge is 0.717 e. The van der Waals surface area contributed by atoms with Crippen LogP contribution in [0.25, 0.3) is 0 Å². The number of rotatable bonds is 5. The molecule has 1 unspecified atom stereocenters. The minimum absolute atomic E-state index is 0. The minimum Gasteiger partial charge on any atom is -0.717 e. The fraction of sp³-hybridized carbons (Fsp3) is 0.609. The quantitative estimate of drug-likeness (QED) is 0.201. The second-order valence-corrected chi connectivity index (χ2v) is 7.77. The van der Waals surface area contributed by atoms with Crippen molar-refractivity contribution in [2.75, 3.05) is 34.0 Å². The van der Waals surface area contributed by atoms with Crippen molar-refractivity contribution in [3.63, 3.8) is 0 Å². The zero-order valence-electron chi connectivity index (χ0n) is 21.2. The van der Waals surface area contributed by atoms with Crippen molar-refractivity contribution in [2.24, 2.45) is 5.41 Å². The summed E-state index contributed by atoms with van der Waals surface area (Å²) in [7, 11) is 4.09. The molecule has 3 rings (SSSR count). The molecule has 0 saturated carbocycles. The largest absolute Gasteiger partial charge is 2.00 e. The number of hydrogen-bond donors (Lipinski definition) is 0. The third-order valence-corrected chi connectivity index (χ3v) is 4.84. The molecule has 0 aromatic heterocycles. The number of likely N-dealkylation sites (N-methyl/N-ethyl adjacent to an activating group) is 1. The van der Waals surface area contributed by atoms with Crippen LogP contribution in [-0.2, 0) is 54.4 Å². The van der Waals surface area contributed by atoms with E-state index in [0.29, 0.717) is 22.1 Å². The number of methoxy groups -OCH3 is 1. The Labute approximate surface area is 208 Å². The second kappa shape index (κ2) is 16.3. The molecule has 2 amide bonds. The number of carbonyl (C=O) groups is 3. The summed E-state index contributed by atoms with van der Waals surface area (Å²) in [6.07, 6.45) is 1.71. The third-order valence-electron chi connectivity index (χ3n) is 4.84. The Morgan fingerprint density at radius 2 is 1.81 bits per heavy atom. The van der Waals surface area contributed by atoms with Gasteiger partial charge in [0.15, 0.2) is 0 Å². The van der Waals surface area contributed by atoms with E-state index in [1.54, 1.807) is 27.9 Å². The predicted molar refractivity (Wildman–Crippen MR) is 117 cm³/mol. The maximum absolute atomic E-state index is 11.0. The SMILES string of the molecule is C=C1CC(CC)OC1=O.CC1=C(C)C(=O)N(C)C1=O.COCC1(C)COC1.[2H][CH-]O[CH-]C.[W+2]. The van der Waals surface area contributed by atoms with Crippen LogP contribution in [0.5, 0.6) is 0 Å². The molecular formula is C23H37NO7W. The van der Waals surface area contributed by atoms with E-state index in [9.17, 15) is 14.4 Å². The van der Waals surface area contributed by atoms with Gasteiger partial charge in [-0.1, -0.05) is 20.4 Å². The van der Waals surface area contributed by atoms with E-state index in [1.165, 1.54) is 13.7 Å². The Morgan fingerprint density at radius 1 is 1.28 bits per heavy atom. The Hall–Kier alpha value is -1.34. The number of nitrogens with zero attached hydrogens (tertiary/aromatic N) is 1. The van der Waals surface area contributed by atoms with Crippen LogP contribution < -0.4 is 0 Å². The molecule has 0 radical (unpaired) electrons. The number of amides is 2. The molecule has 32 heavy (non-hydrogen) atoms. The Balaban J connectivity index is 0. The van der Waals surface area contributed by atoms with Gasteiger partial charge in [-0.05, 0) is 20.3 Å². The fourth-order valence-corrected chi connectivity index (χ4v) is 2.66. The van der Waals surface area contributed by atoms with Crippen LogP contribution in [0.3, 0.4) is 0 Å². The first-order chi connectivity index (χ1) is 15.0. The predicted octanol–water partition coefficient (Wildman–Crippen LogP) is 3.23. The van der Waals surface area contributed by atoms with Gasteiger partial charge in [0.25, 0.3) is 11.8 Å². The monoisotopic (exact) mass is 624 g/mol. The van der Waals surface area contributed by atoms with Crippen LogP contribution in [0.15, 0.2) is 23.3 Å². The van der Waals surface area contributed by atoms with Crippen molar-refractivity contribution < 1.29 is 55.8 Å². The van der Waals surface area contributed by atoms with Crippen LogP contribution in [0.2, 0.25) is 0 Å². The number of imide groups is 1. The third kappa shape index (κ3) is 10.5. The zero-order valence-corrected chi connectivity index (χ0v) is 23.1. The topological polar surface area (TPSA) is 91.4 Å². The summed E-state index contributed by atoms with van der Waals surface area (Å²) in [6, 6.07) is 0. The molecule has 3 aliphatic rings. The van der Waals surface area contributed by atoms with E-state index in [0.717, 1.165) is 44.6 Å². The summed E-state index contributed by atoms with van der Waals surface area (Å²) >= 11 is 0. The molecule has 3 heterocycles. The van der Waals surface area contributed by atoms with Gasteiger partial charge in [-0.25, -0.2) is 4.79 Å². The van der Waals surface area contributed by atoms with Gasteiger partial charge in [0.2, 0.25) is 0 Å². The van der Waals surface area contributed by atoms with Crippen molar-refractivity contribution in [2.45, 2.75) is 53.6 Å². The average molecular weight is 624 g/mol. The van der Waals surface area contributed by atoms with Crippen molar-refractivity contribution in [1.82, 2.24) is 4.90 Å². The van der Waals surface area contributed by atoms with E-state index >= 15 is 0 Å². The maximum Gasteiger partial charge on any atom is 2.00 e. The molecule has 2 saturated heterocycles. The van der Waals surface area contributed by atoms with Crippen LogP contribution in [0.1, 0.15) is 48.8 Å². The summed E-state index contributed by atoms with van der Waals surface area (Å²) < 4.78 is 25.3. The normalized spacial score (nSPS) is 21.0. The Morgan fingerprint density at radius 3 is 1.94 bits per heavy atom. The number of ether oxygens (including phenoxy) is 4. The van der Waals surface area contributed by atoms with E-state index in [-0.39, 0.29) is 45.0 Å². The van der Waals surface area contributed by atoms with Gasteiger partial charge in [0.1, 0.15) is 6.10 Å². The van der Waals surface area contributed by atoms with E-state index in [2.05, 4.69) is 18.2 Å². The molecule has 1 atom stereocenters. The van der Waals surface area contributed by atoms with Crippen molar-refractivity contribution in [3.8, 4) is 0 Å². The molecule has 0 spiro atoms. The van der Waals surface area contributed by atoms with Crippen LogP contribution in [0, 0.1) is 19.1 Å². The Bertz CT molecular complexity index is 650. The zero-order chi connectivity index (χ0) is 24.9. The first-order valence-corrected chi connectivity index (χ1v) is 10.1. The average Bonchev–Trinajstić information content (AvgIpc) is 3.16. The molecule has 9 heteroatoms. The minimum atomic E-state index is -0.221. The van der Waals surface area contributed by atoms with E-state index < -0.39 is 0 Å². The number of hydrogen-bond acceptors (Lipinski definition) is 7. The fourth-order valence-electron chi connectivity index (χ4n) is 2.66. The summed E-state index contributed by atoms with van der Waals surface area (Å²) in [6.45, 7) is 16.8. The van der Waals surface area contributed by atoms with Gasteiger partial charge >= 0.3 is 27.0 Å². The molecule has 0 aromatic carbocycles. The van der Waals surface area contributed by atoms with Crippen LogP contribution in [0.4, 0.5) is 0 Å². The van der Waals surface area contributed by atoms with Gasteiger partial charge in [0.05, 0.1) is 19.8 Å².